The van der Waals surface area contributed by atoms with Gasteiger partial charge in [0, 0.05) is 11.6 Å². The van der Waals surface area contributed by atoms with Crippen molar-refractivity contribution in [3.05, 3.63) is 47.3 Å². The van der Waals surface area contributed by atoms with Crippen molar-refractivity contribution in [1.29, 1.82) is 0 Å². The average Bonchev–Trinajstić information content (AvgIpc) is 2.63. The van der Waals surface area contributed by atoms with E-state index in [1.165, 1.54) is 0 Å². The predicted octanol–water partition coefficient (Wildman–Crippen LogP) is 2.86. The Balaban J connectivity index is 2.22. The van der Waals surface area contributed by atoms with Crippen molar-refractivity contribution in [1.82, 2.24) is 5.16 Å². The van der Waals surface area contributed by atoms with Crippen LogP contribution in [0.5, 0.6) is 5.75 Å². The Morgan fingerprint density at radius 3 is 2.73 bits per heavy atom. The number of aryl methyl sites for hydroxylation is 1. The summed E-state index contributed by atoms with van der Waals surface area (Å²) in [5.74, 6) is 0.931. The van der Waals surface area contributed by atoms with Gasteiger partial charge in [-0.2, -0.15) is 0 Å². The summed E-state index contributed by atoms with van der Waals surface area (Å²) in [6.07, 6.45) is 3.56. The largest absolute Gasteiger partial charge is 0.507 e. The van der Waals surface area contributed by atoms with Crippen LogP contribution in [0.1, 0.15) is 17.0 Å². The van der Waals surface area contributed by atoms with Crippen LogP contribution in [-0.4, -0.2) is 10.3 Å². The minimum atomic E-state index is 0.255. The van der Waals surface area contributed by atoms with Crippen molar-refractivity contribution in [2.24, 2.45) is 0 Å². The Morgan fingerprint density at radius 2 is 2.07 bits per heavy atom. The Hall–Kier alpha value is -2.03. The fourth-order valence-corrected chi connectivity index (χ4v) is 1.26. The topological polar surface area (TPSA) is 46.3 Å². The van der Waals surface area contributed by atoms with Crippen LogP contribution in [0.3, 0.4) is 0 Å². The third kappa shape index (κ3) is 2.26. The highest BCUT2D eigenvalue weighted by atomic mass is 16.5. The van der Waals surface area contributed by atoms with E-state index in [1.54, 1.807) is 24.3 Å². The lowest BCUT2D eigenvalue weighted by molar-refractivity contribution is 0.408. The molecule has 15 heavy (non-hydrogen) atoms. The van der Waals surface area contributed by atoms with E-state index in [0.29, 0.717) is 5.76 Å². The molecule has 0 spiro atoms. The first-order valence-electron chi connectivity index (χ1n) is 4.65. The molecule has 1 heterocycles. The maximum Gasteiger partial charge on any atom is 0.159 e. The maximum atomic E-state index is 9.50. The van der Waals surface area contributed by atoms with Gasteiger partial charge in [-0.25, -0.2) is 0 Å². The molecule has 0 radical (unpaired) electrons. The number of rotatable bonds is 2. The van der Waals surface area contributed by atoms with Crippen LogP contribution >= 0.6 is 0 Å². The van der Waals surface area contributed by atoms with E-state index in [1.807, 2.05) is 25.1 Å². The normalized spacial score (nSPS) is 11.0. The number of nitrogens with zero attached hydrogens (tertiary/aromatic N) is 1. The number of benzene rings is 1. The molecule has 0 aliphatic rings. The quantitative estimate of drug-likeness (QED) is 0.812. The molecule has 0 aliphatic carbocycles. The molecule has 0 fully saturated rings. The molecule has 1 aromatic heterocycles. The molecule has 3 heteroatoms. The molecule has 0 bridgehead atoms. The van der Waals surface area contributed by atoms with Crippen LogP contribution < -0.4 is 0 Å². The van der Waals surface area contributed by atoms with Crippen molar-refractivity contribution in [2.75, 3.05) is 0 Å². The zero-order chi connectivity index (χ0) is 10.7. The van der Waals surface area contributed by atoms with E-state index in [0.717, 1.165) is 11.3 Å². The predicted molar refractivity (Wildman–Crippen MR) is 58.3 cm³/mol. The first-order valence-corrected chi connectivity index (χ1v) is 4.65. The summed E-state index contributed by atoms with van der Waals surface area (Å²) in [4.78, 5) is 0. The molecule has 2 rings (SSSR count). The monoisotopic (exact) mass is 201 g/mol. The highest BCUT2D eigenvalue weighted by molar-refractivity contribution is 5.70. The van der Waals surface area contributed by atoms with Gasteiger partial charge in [-0.05, 0) is 25.1 Å². The lowest BCUT2D eigenvalue weighted by atomic mass is 10.2. The smallest absolute Gasteiger partial charge is 0.159 e. The minimum Gasteiger partial charge on any atom is -0.507 e. The highest BCUT2D eigenvalue weighted by Gasteiger charge is 1.97. The first-order chi connectivity index (χ1) is 7.25. The average molecular weight is 201 g/mol. The van der Waals surface area contributed by atoms with Crippen molar-refractivity contribution in [3.8, 4) is 5.75 Å². The summed E-state index contributed by atoms with van der Waals surface area (Å²) < 4.78 is 5.01. The molecule has 0 atom stereocenters. The van der Waals surface area contributed by atoms with E-state index >= 15 is 0 Å². The van der Waals surface area contributed by atoms with Gasteiger partial charge >= 0.3 is 0 Å². The molecule has 3 nitrogen and oxygen atoms in total. The molecular formula is C12H11NO2. The fourth-order valence-electron chi connectivity index (χ4n) is 1.26. The highest BCUT2D eigenvalue weighted by Crippen LogP contribution is 2.18. The SMILES string of the molecule is Cc1cc(C=Cc2ccccc2O)on1. The van der Waals surface area contributed by atoms with Crippen LogP contribution in [-0.2, 0) is 0 Å². The van der Waals surface area contributed by atoms with Gasteiger partial charge in [-0.3, -0.25) is 0 Å². The van der Waals surface area contributed by atoms with Gasteiger partial charge in [0.2, 0.25) is 0 Å². The molecule has 76 valence electrons. The van der Waals surface area contributed by atoms with Gasteiger partial charge in [0.1, 0.15) is 5.75 Å². The molecule has 0 unspecified atom stereocenters. The Morgan fingerprint density at radius 1 is 1.27 bits per heavy atom. The van der Waals surface area contributed by atoms with Crippen LogP contribution in [0.4, 0.5) is 0 Å². The van der Waals surface area contributed by atoms with Crippen molar-refractivity contribution in [2.45, 2.75) is 6.92 Å². The van der Waals surface area contributed by atoms with E-state index in [2.05, 4.69) is 5.16 Å². The zero-order valence-corrected chi connectivity index (χ0v) is 8.34. The number of phenolic OH excluding ortho intramolecular Hbond substituents is 1. The van der Waals surface area contributed by atoms with Crippen molar-refractivity contribution in [3.63, 3.8) is 0 Å². The van der Waals surface area contributed by atoms with Crippen LogP contribution in [0.2, 0.25) is 0 Å². The minimum absolute atomic E-state index is 0.255. The lowest BCUT2D eigenvalue weighted by Gasteiger charge is -1.95. The standard InChI is InChI=1S/C12H11NO2/c1-9-8-11(15-13-9)7-6-10-4-2-3-5-12(10)14/h2-8,14H,1H3. The summed E-state index contributed by atoms with van der Waals surface area (Å²) in [6, 6.07) is 8.95. The van der Waals surface area contributed by atoms with Gasteiger partial charge in [-0.15, -0.1) is 0 Å². The molecule has 0 amide bonds. The summed E-state index contributed by atoms with van der Waals surface area (Å²) >= 11 is 0. The van der Waals surface area contributed by atoms with Gasteiger partial charge in [0.05, 0.1) is 5.69 Å². The second-order valence-corrected chi connectivity index (χ2v) is 3.26. The lowest BCUT2D eigenvalue weighted by Crippen LogP contribution is -1.72. The summed E-state index contributed by atoms with van der Waals surface area (Å²) in [7, 11) is 0. The van der Waals surface area contributed by atoms with Gasteiger partial charge in [-0.1, -0.05) is 23.4 Å². The van der Waals surface area contributed by atoms with Gasteiger partial charge in [0.25, 0.3) is 0 Å². The Labute approximate surface area is 87.7 Å². The van der Waals surface area contributed by atoms with E-state index < -0.39 is 0 Å². The summed E-state index contributed by atoms with van der Waals surface area (Å²) in [6.45, 7) is 1.86. The van der Waals surface area contributed by atoms with E-state index in [4.69, 9.17) is 4.52 Å². The molecule has 2 aromatic rings. The van der Waals surface area contributed by atoms with Crippen molar-refractivity contribution < 1.29 is 9.63 Å². The summed E-state index contributed by atoms with van der Waals surface area (Å²) in [5.41, 5.74) is 1.60. The third-order valence-electron chi connectivity index (χ3n) is 2.01. The van der Waals surface area contributed by atoms with E-state index in [9.17, 15) is 5.11 Å². The molecular weight excluding hydrogens is 190 g/mol. The van der Waals surface area contributed by atoms with E-state index in [-0.39, 0.29) is 5.75 Å². The maximum absolute atomic E-state index is 9.50. The number of para-hydroxylation sites is 1. The molecule has 0 saturated heterocycles. The fraction of sp³-hybridized carbons (Fsp3) is 0.0833. The van der Waals surface area contributed by atoms with Crippen LogP contribution in [0.25, 0.3) is 12.2 Å². The third-order valence-corrected chi connectivity index (χ3v) is 2.01. The molecule has 1 aromatic carbocycles. The molecule has 0 aliphatic heterocycles. The summed E-state index contributed by atoms with van der Waals surface area (Å²) in [5, 5.41) is 13.3. The van der Waals surface area contributed by atoms with Crippen LogP contribution in [0, 0.1) is 6.92 Å². The first kappa shape index (κ1) is 9.52. The molecule has 1 N–H and O–H groups in total. The second kappa shape index (κ2) is 4.00. The number of hydrogen-bond donors (Lipinski definition) is 1. The zero-order valence-electron chi connectivity index (χ0n) is 8.34. The Bertz CT molecular complexity index is 486. The van der Waals surface area contributed by atoms with Crippen molar-refractivity contribution >= 4 is 12.2 Å². The number of aromatic hydroxyl groups is 1. The van der Waals surface area contributed by atoms with Gasteiger partial charge in [0.15, 0.2) is 5.76 Å². The number of aromatic nitrogens is 1. The van der Waals surface area contributed by atoms with Crippen LogP contribution in [0.15, 0.2) is 34.9 Å². The van der Waals surface area contributed by atoms with Gasteiger partial charge < -0.3 is 9.63 Å². The molecule has 0 saturated carbocycles. The Kier molecular flexibility index (Phi) is 2.54. The number of hydrogen-bond acceptors (Lipinski definition) is 3. The second-order valence-electron chi connectivity index (χ2n) is 3.26. The number of phenols is 1.